The van der Waals surface area contributed by atoms with Crippen LogP contribution in [0.4, 0.5) is 0 Å². The van der Waals surface area contributed by atoms with E-state index < -0.39 is 18.2 Å². The van der Waals surface area contributed by atoms with Crippen molar-refractivity contribution in [2.45, 2.75) is 64.8 Å². The Labute approximate surface area is 237 Å². The lowest BCUT2D eigenvalue weighted by Crippen LogP contribution is -2.54. The third-order valence-electron chi connectivity index (χ3n) is 7.68. The van der Waals surface area contributed by atoms with E-state index in [0.717, 1.165) is 27.3 Å². The van der Waals surface area contributed by atoms with Gasteiger partial charge in [-0.15, -0.1) is 11.3 Å². The van der Waals surface area contributed by atoms with Gasteiger partial charge in [-0.1, -0.05) is 55.8 Å². The molecular formula is C30H32ClN3O4S. The number of aromatic nitrogens is 1. The summed E-state index contributed by atoms with van der Waals surface area (Å²) in [5.74, 6) is -0.788. The summed E-state index contributed by atoms with van der Waals surface area (Å²) >= 11 is 7.71. The molecule has 0 radical (unpaired) electrons. The lowest BCUT2D eigenvalue weighted by molar-refractivity contribution is -0.142. The number of carbonyl (C=O) groups is 3. The van der Waals surface area contributed by atoms with Crippen LogP contribution in [-0.2, 0) is 22.6 Å². The summed E-state index contributed by atoms with van der Waals surface area (Å²) in [6.45, 7) is 6.17. The molecule has 0 spiro atoms. The number of amides is 2. The molecule has 2 aliphatic heterocycles. The van der Waals surface area contributed by atoms with Crippen LogP contribution in [0.25, 0.3) is 10.4 Å². The lowest BCUT2D eigenvalue weighted by atomic mass is 9.98. The van der Waals surface area contributed by atoms with Gasteiger partial charge in [-0.25, -0.2) is 4.98 Å². The molecule has 0 saturated carbocycles. The van der Waals surface area contributed by atoms with Gasteiger partial charge in [0.05, 0.1) is 28.2 Å². The van der Waals surface area contributed by atoms with Crippen LogP contribution in [0.2, 0.25) is 5.02 Å². The van der Waals surface area contributed by atoms with Crippen LogP contribution in [0.1, 0.15) is 53.9 Å². The Morgan fingerprint density at radius 1 is 1.18 bits per heavy atom. The predicted octanol–water partition coefficient (Wildman–Crippen LogP) is 4.92. The summed E-state index contributed by atoms with van der Waals surface area (Å²) in [6, 6.07) is 11.9. The van der Waals surface area contributed by atoms with Crippen LogP contribution in [0, 0.1) is 12.8 Å². The zero-order chi connectivity index (χ0) is 27.8. The van der Waals surface area contributed by atoms with Gasteiger partial charge in [0.25, 0.3) is 5.91 Å². The summed E-state index contributed by atoms with van der Waals surface area (Å²) in [6.07, 6.45) is 0.244. The zero-order valence-electron chi connectivity index (χ0n) is 22.3. The molecule has 1 aromatic heterocycles. The minimum atomic E-state index is -0.775. The molecule has 5 rings (SSSR count). The smallest absolute Gasteiger partial charge is 0.255 e. The second-order valence-corrected chi connectivity index (χ2v) is 12.0. The Hall–Kier alpha value is -3.07. The number of fused-ring (bicyclic) bond motifs is 1. The molecule has 2 amide bonds. The number of Topliss-reactive ketones (excluding diaryl/α,β-unsaturated/α-hetero) is 1. The number of ketones is 1. The van der Waals surface area contributed by atoms with Gasteiger partial charge in [0.1, 0.15) is 6.04 Å². The molecule has 2 aromatic carbocycles. The molecule has 7 nitrogen and oxygen atoms in total. The first-order chi connectivity index (χ1) is 18.6. The van der Waals surface area contributed by atoms with Crippen LogP contribution >= 0.6 is 22.9 Å². The molecule has 3 heterocycles. The molecule has 0 aliphatic carbocycles. The van der Waals surface area contributed by atoms with E-state index in [-0.39, 0.29) is 42.9 Å². The zero-order valence-corrected chi connectivity index (χ0v) is 23.8. The summed E-state index contributed by atoms with van der Waals surface area (Å²) in [5, 5.41) is 10.9. The van der Waals surface area contributed by atoms with Crippen molar-refractivity contribution in [2.75, 3.05) is 6.54 Å². The van der Waals surface area contributed by atoms with E-state index in [1.807, 2.05) is 56.6 Å². The van der Waals surface area contributed by atoms with Crippen molar-refractivity contribution in [1.29, 1.82) is 0 Å². The number of aliphatic hydroxyl groups is 1. The molecular weight excluding hydrogens is 534 g/mol. The number of carbonyl (C=O) groups excluding carboxylic acids is 3. The van der Waals surface area contributed by atoms with Crippen LogP contribution in [0.3, 0.4) is 0 Å². The predicted molar refractivity (Wildman–Crippen MR) is 152 cm³/mol. The maximum atomic E-state index is 13.9. The lowest BCUT2D eigenvalue weighted by Gasteiger charge is -2.35. The van der Waals surface area contributed by atoms with Crippen LogP contribution in [-0.4, -0.2) is 62.2 Å². The van der Waals surface area contributed by atoms with Crippen molar-refractivity contribution < 1.29 is 19.5 Å². The highest BCUT2D eigenvalue weighted by Crippen LogP contribution is 2.32. The van der Waals surface area contributed by atoms with E-state index in [1.54, 1.807) is 28.4 Å². The maximum absolute atomic E-state index is 13.9. The maximum Gasteiger partial charge on any atom is 0.255 e. The molecule has 3 aromatic rings. The fourth-order valence-electron chi connectivity index (χ4n) is 5.67. The number of β-amino-alcohol motifs (C(OH)–C–C–N with tert-alkyl or cyclic N) is 1. The number of nitrogens with zero attached hydrogens (tertiary/aromatic N) is 3. The summed E-state index contributed by atoms with van der Waals surface area (Å²) in [4.78, 5) is 49.0. The fourth-order valence-corrected chi connectivity index (χ4v) is 6.65. The fraction of sp³-hybridized carbons (Fsp3) is 0.400. The van der Waals surface area contributed by atoms with E-state index in [4.69, 9.17) is 11.6 Å². The Kier molecular flexibility index (Phi) is 7.89. The number of hydrogen-bond acceptors (Lipinski definition) is 6. The Morgan fingerprint density at radius 3 is 2.59 bits per heavy atom. The van der Waals surface area contributed by atoms with E-state index >= 15 is 0 Å². The summed E-state index contributed by atoms with van der Waals surface area (Å²) in [5.41, 5.74) is 6.29. The Bertz CT molecular complexity index is 1400. The molecule has 0 unspecified atom stereocenters. The molecule has 3 atom stereocenters. The van der Waals surface area contributed by atoms with Gasteiger partial charge in [-0.05, 0) is 48.1 Å². The third kappa shape index (κ3) is 5.51. The van der Waals surface area contributed by atoms with E-state index in [9.17, 15) is 19.5 Å². The van der Waals surface area contributed by atoms with Gasteiger partial charge < -0.3 is 14.9 Å². The van der Waals surface area contributed by atoms with Crippen molar-refractivity contribution in [2.24, 2.45) is 5.92 Å². The number of thiazole rings is 1. The van der Waals surface area contributed by atoms with Crippen LogP contribution in [0.5, 0.6) is 0 Å². The number of likely N-dealkylation sites (tertiary alicyclic amines) is 1. The molecule has 204 valence electrons. The van der Waals surface area contributed by atoms with Gasteiger partial charge in [-0.2, -0.15) is 0 Å². The van der Waals surface area contributed by atoms with Crippen molar-refractivity contribution in [3.63, 3.8) is 0 Å². The van der Waals surface area contributed by atoms with Crippen molar-refractivity contribution in [1.82, 2.24) is 14.8 Å². The number of aliphatic hydroxyl groups excluding tert-OH is 1. The van der Waals surface area contributed by atoms with E-state index in [1.165, 1.54) is 4.90 Å². The summed E-state index contributed by atoms with van der Waals surface area (Å²) in [7, 11) is 0. The summed E-state index contributed by atoms with van der Waals surface area (Å²) < 4.78 is 0. The second-order valence-electron chi connectivity index (χ2n) is 10.7. The molecule has 1 fully saturated rings. The third-order valence-corrected chi connectivity index (χ3v) is 8.89. The number of benzene rings is 2. The van der Waals surface area contributed by atoms with Crippen LogP contribution in [0.15, 0.2) is 48.0 Å². The Morgan fingerprint density at radius 2 is 1.92 bits per heavy atom. The highest BCUT2D eigenvalue weighted by atomic mass is 35.5. The monoisotopic (exact) mass is 565 g/mol. The standard InChI is InChI=1S/C30H32ClN3O4S/c1-17(2)27(34-14-21-9-10-22(31)12-24(21)29(34)37)30(38)33-15-23(35)13-25(33)26(36)11-6-19-4-7-20(8-5-19)28-18(3)32-16-39-28/h4-5,7-10,12,16-17,23,25,27,35H,6,11,13-15H2,1-3H3/t23-,25+,27+/m1/s1. The normalized spacial score (nSPS) is 19.6. The highest BCUT2D eigenvalue weighted by Gasteiger charge is 2.45. The average Bonchev–Trinajstić information content (AvgIpc) is 3.60. The number of halogens is 1. The topological polar surface area (TPSA) is 90.8 Å². The first-order valence-corrected chi connectivity index (χ1v) is 14.5. The minimum absolute atomic E-state index is 0.0763. The largest absolute Gasteiger partial charge is 0.391 e. The number of aryl methyl sites for hydroxylation is 2. The minimum Gasteiger partial charge on any atom is -0.391 e. The van der Waals surface area contributed by atoms with Gasteiger partial charge in [0, 0.05) is 36.5 Å². The highest BCUT2D eigenvalue weighted by molar-refractivity contribution is 7.13. The van der Waals surface area contributed by atoms with Gasteiger partial charge >= 0.3 is 0 Å². The molecule has 0 bridgehead atoms. The average molecular weight is 566 g/mol. The second kappa shape index (κ2) is 11.2. The van der Waals surface area contributed by atoms with Gasteiger partial charge in [0.15, 0.2) is 5.78 Å². The SMILES string of the molecule is Cc1ncsc1-c1ccc(CCC(=O)[C@@H]2C[C@@H](O)CN2C(=O)[C@H](C(C)C)N2Cc3ccc(Cl)cc3C2=O)cc1. The van der Waals surface area contributed by atoms with E-state index in [2.05, 4.69) is 4.98 Å². The van der Waals surface area contributed by atoms with Crippen molar-refractivity contribution >= 4 is 40.5 Å². The molecule has 39 heavy (non-hydrogen) atoms. The molecule has 1 saturated heterocycles. The van der Waals surface area contributed by atoms with Crippen molar-refractivity contribution in [3.8, 4) is 10.4 Å². The van der Waals surface area contributed by atoms with E-state index in [0.29, 0.717) is 23.6 Å². The molecule has 2 aliphatic rings. The van der Waals surface area contributed by atoms with Gasteiger partial charge in [0.2, 0.25) is 5.91 Å². The quantitative estimate of drug-likeness (QED) is 0.419. The van der Waals surface area contributed by atoms with Gasteiger partial charge in [-0.3, -0.25) is 14.4 Å². The molecule has 1 N–H and O–H groups in total. The number of rotatable bonds is 8. The number of hydrogen-bond donors (Lipinski definition) is 1. The van der Waals surface area contributed by atoms with Crippen LogP contribution < -0.4 is 0 Å². The first kappa shape index (κ1) is 27.5. The first-order valence-electron chi connectivity index (χ1n) is 13.2. The molecule has 9 heteroatoms. The van der Waals surface area contributed by atoms with Crippen molar-refractivity contribution in [3.05, 3.63) is 75.4 Å². The Balaban J connectivity index is 1.28.